The van der Waals surface area contributed by atoms with Gasteiger partial charge in [0.1, 0.15) is 11.2 Å². The number of rotatable bonds is 2. The summed E-state index contributed by atoms with van der Waals surface area (Å²) in [6, 6.07) is 47.0. The summed E-state index contributed by atoms with van der Waals surface area (Å²) in [6.45, 7) is 0. The Labute approximate surface area is 271 Å². The molecule has 11 rings (SSSR count). The Hall–Kier alpha value is -5.92. The van der Waals surface area contributed by atoms with Crippen LogP contribution >= 0.6 is 0 Å². The SMILES string of the molecule is C1=Cc2ccc3ccc(-c4c5ccccc5c(-c5ccc6c(ccc7oc8ccccc8c76)c5)c5ccccc45)c4c3c2C(=CC4)C1. The van der Waals surface area contributed by atoms with Gasteiger partial charge in [0.25, 0.3) is 0 Å². The van der Waals surface area contributed by atoms with Crippen LogP contribution in [0.2, 0.25) is 0 Å². The summed E-state index contributed by atoms with van der Waals surface area (Å²) in [7, 11) is 0. The third-order valence-corrected chi connectivity index (χ3v) is 10.7. The molecule has 2 aliphatic rings. The maximum Gasteiger partial charge on any atom is 0.136 e. The first kappa shape index (κ1) is 25.3. The zero-order valence-corrected chi connectivity index (χ0v) is 25.7. The van der Waals surface area contributed by atoms with Gasteiger partial charge in [0.15, 0.2) is 0 Å². The maximum absolute atomic E-state index is 6.22. The minimum atomic E-state index is 0.933. The summed E-state index contributed by atoms with van der Waals surface area (Å²) in [5.74, 6) is 0. The number of hydrogen-bond acceptors (Lipinski definition) is 1. The highest BCUT2D eigenvalue weighted by atomic mass is 16.3. The highest BCUT2D eigenvalue weighted by Crippen LogP contribution is 2.49. The molecule has 0 radical (unpaired) electrons. The van der Waals surface area contributed by atoms with E-state index in [9.17, 15) is 0 Å². The number of benzene rings is 8. The van der Waals surface area contributed by atoms with Crippen molar-refractivity contribution < 1.29 is 4.42 Å². The molecular weight excluding hydrogens is 569 g/mol. The molecule has 218 valence electrons. The smallest absolute Gasteiger partial charge is 0.136 e. The van der Waals surface area contributed by atoms with Crippen molar-refractivity contribution in [1.29, 1.82) is 0 Å². The quantitative estimate of drug-likeness (QED) is 0.181. The molecule has 1 heterocycles. The minimum absolute atomic E-state index is 0.933. The zero-order chi connectivity index (χ0) is 30.6. The van der Waals surface area contributed by atoms with Crippen molar-refractivity contribution in [2.75, 3.05) is 0 Å². The average Bonchev–Trinajstić information content (AvgIpc) is 3.52. The molecule has 1 aromatic heterocycles. The fourth-order valence-electron chi connectivity index (χ4n) is 8.70. The predicted octanol–water partition coefficient (Wildman–Crippen LogP) is 12.9. The molecule has 2 aliphatic carbocycles. The molecule has 8 aromatic carbocycles. The normalized spacial score (nSPS) is 13.8. The van der Waals surface area contributed by atoms with Crippen molar-refractivity contribution in [3.05, 3.63) is 156 Å². The van der Waals surface area contributed by atoms with E-state index in [0.717, 1.165) is 24.0 Å². The van der Waals surface area contributed by atoms with E-state index in [2.05, 4.69) is 140 Å². The largest absolute Gasteiger partial charge is 0.456 e. The van der Waals surface area contributed by atoms with Gasteiger partial charge in [0, 0.05) is 10.8 Å². The summed E-state index contributed by atoms with van der Waals surface area (Å²) in [5, 5.41) is 12.7. The lowest BCUT2D eigenvalue weighted by molar-refractivity contribution is 0.669. The van der Waals surface area contributed by atoms with Crippen LogP contribution in [0, 0.1) is 0 Å². The molecule has 9 aromatic rings. The first-order chi connectivity index (χ1) is 23.3. The highest BCUT2D eigenvalue weighted by Gasteiger charge is 2.24. The molecule has 0 amide bonds. The molecule has 1 nitrogen and oxygen atoms in total. The van der Waals surface area contributed by atoms with Crippen molar-refractivity contribution in [2.45, 2.75) is 12.8 Å². The molecule has 0 fully saturated rings. The van der Waals surface area contributed by atoms with Gasteiger partial charge < -0.3 is 4.42 Å². The molecule has 47 heavy (non-hydrogen) atoms. The third kappa shape index (κ3) is 3.43. The van der Waals surface area contributed by atoms with E-state index in [1.165, 1.54) is 98.4 Å². The van der Waals surface area contributed by atoms with Gasteiger partial charge in [-0.1, -0.05) is 127 Å². The van der Waals surface area contributed by atoms with Gasteiger partial charge in [-0.25, -0.2) is 0 Å². The van der Waals surface area contributed by atoms with Gasteiger partial charge in [0.05, 0.1) is 0 Å². The first-order valence-corrected chi connectivity index (χ1v) is 16.5. The second-order valence-electron chi connectivity index (χ2n) is 13.1. The number of hydrogen-bond donors (Lipinski definition) is 0. The number of allylic oxidation sites excluding steroid dienone is 3. The Balaban J connectivity index is 1.21. The monoisotopic (exact) mass is 596 g/mol. The first-order valence-electron chi connectivity index (χ1n) is 16.5. The van der Waals surface area contributed by atoms with Gasteiger partial charge in [-0.3, -0.25) is 0 Å². The fourth-order valence-corrected chi connectivity index (χ4v) is 8.70. The summed E-state index contributed by atoms with van der Waals surface area (Å²) < 4.78 is 6.22. The lowest BCUT2D eigenvalue weighted by atomic mass is 9.77. The van der Waals surface area contributed by atoms with Crippen molar-refractivity contribution in [3.8, 4) is 22.3 Å². The van der Waals surface area contributed by atoms with Gasteiger partial charge in [-0.15, -0.1) is 0 Å². The van der Waals surface area contributed by atoms with Crippen LogP contribution in [0.4, 0.5) is 0 Å². The van der Waals surface area contributed by atoms with E-state index in [4.69, 9.17) is 4.42 Å². The van der Waals surface area contributed by atoms with E-state index in [0.29, 0.717) is 0 Å². The molecule has 1 heteroatoms. The maximum atomic E-state index is 6.22. The molecule has 0 N–H and O–H groups in total. The molecule has 0 bridgehead atoms. The topological polar surface area (TPSA) is 13.1 Å². The summed E-state index contributed by atoms with van der Waals surface area (Å²) in [5.41, 5.74) is 12.8. The zero-order valence-electron chi connectivity index (χ0n) is 25.7. The van der Waals surface area contributed by atoms with Crippen LogP contribution < -0.4 is 0 Å². The van der Waals surface area contributed by atoms with Crippen LogP contribution in [0.15, 0.2) is 144 Å². The lowest BCUT2D eigenvalue weighted by Gasteiger charge is -2.26. The van der Waals surface area contributed by atoms with Crippen molar-refractivity contribution in [1.82, 2.24) is 0 Å². The van der Waals surface area contributed by atoms with Crippen LogP contribution in [0.25, 0.3) is 98.9 Å². The van der Waals surface area contributed by atoms with Crippen LogP contribution in [0.5, 0.6) is 0 Å². The molecule has 0 saturated heterocycles. The van der Waals surface area contributed by atoms with Crippen LogP contribution in [-0.4, -0.2) is 0 Å². The standard InChI is InChI=1S/C46H28O/c1-3-12-35-33(10-1)43(31-20-22-32-30(26-31)21-25-41-46(32)39-14-5-6-15-40(39)47-41)34-11-2-4-13-36(34)45(35)38-24-19-29-17-16-27-8-7-9-28-18-23-37(38)44(29)42(27)28/h1-8,10-22,24-26H,9,23H2. The Kier molecular flexibility index (Phi) is 5.01. The Morgan fingerprint density at radius 2 is 1.17 bits per heavy atom. The lowest BCUT2D eigenvalue weighted by Crippen LogP contribution is -2.05. The van der Waals surface area contributed by atoms with Crippen molar-refractivity contribution in [3.63, 3.8) is 0 Å². The Morgan fingerprint density at radius 1 is 0.468 bits per heavy atom. The Morgan fingerprint density at radius 3 is 1.98 bits per heavy atom. The molecule has 0 spiro atoms. The molecule has 0 saturated carbocycles. The van der Waals surface area contributed by atoms with E-state index in [1.807, 2.05) is 6.07 Å². The van der Waals surface area contributed by atoms with E-state index >= 15 is 0 Å². The summed E-state index contributed by atoms with van der Waals surface area (Å²) in [6.07, 6.45) is 9.06. The highest BCUT2D eigenvalue weighted by molar-refractivity contribution is 6.24. The van der Waals surface area contributed by atoms with Crippen LogP contribution in [-0.2, 0) is 6.42 Å². The van der Waals surface area contributed by atoms with E-state index in [1.54, 1.807) is 0 Å². The predicted molar refractivity (Wildman–Crippen MR) is 200 cm³/mol. The third-order valence-electron chi connectivity index (χ3n) is 10.7. The van der Waals surface area contributed by atoms with Crippen LogP contribution in [0.1, 0.15) is 23.1 Å². The van der Waals surface area contributed by atoms with E-state index < -0.39 is 0 Å². The second kappa shape index (κ2) is 9.31. The average molecular weight is 597 g/mol. The van der Waals surface area contributed by atoms with Crippen molar-refractivity contribution in [2.24, 2.45) is 0 Å². The van der Waals surface area contributed by atoms with Crippen LogP contribution in [0.3, 0.4) is 0 Å². The van der Waals surface area contributed by atoms with Crippen molar-refractivity contribution >= 4 is 76.7 Å². The molecule has 0 aliphatic heterocycles. The molecule has 0 atom stereocenters. The van der Waals surface area contributed by atoms with E-state index in [-0.39, 0.29) is 0 Å². The number of fused-ring (bicyclic) bond motifs is 7. The fraction of sp³-hybridized carbons (Fsp3) is 0.0435. The molecular formula is C46H28O. The summed E-state index contributed by atoms with van der Waals surface area (Å²) in [4.78, 5) is 0. The van der Waals surface area contributed by atoms with Gasteiger partial charge in [-0.05, 0) is 119 Å². The van der Waals surface area contributed by atoms with Gasteiger partial charge >= 0.3 is 0 Å². The van der Waals surface area contributed by atoms with Gasteiger partial charge in [-0.2, -0.15) is 0 Å². The number of para-hydroxylation sites is 1. The second-order valence-corrected chi connectivity index (χ2v) is 13.1. The minimum Gasteiger partial charge on any atom is -0.456 e. The molecule has 0 unspecified atom stereocenters. The number of furan rings is 1. The summed E-state index contributed by atoms with van der Waals surface area (Å²) >= 11 is 0. The van der Waals surface area contributed by atoms with Gasteiger partial charge in [0.2, 0.25) is 0 Å². The Bertz CT molecular complexity index is 2840.